The molecule has 0 amide bonds. The van der Waals surface area contributed by atoms with E-state index < -0.39 is 0 Å². The Labute approximate surface area is 160 Å². The second-order valence-corrected chi connectivity index (χ2v) is 8.28. The number of nitrogens with two attached hydrogens (primary N) is 1. The molecular formula is C25H35N. The SMILES string of the molecule is CCCc1ccccc1C1CCCCC1(CCC)Cc1ccc(N)cc1. The number of benzene rings is 2. The van der Waals surface area contributed by atoms with E-state index in [-0.39, 0.29) is 0 Å². The minimum absolute atomic E-state index is 0.396. The molecule has 26 heavy (non-hydrogen) atoms. The van der Waals surface area contributed by atoms with Crippen molar-refractivity contribution < 1.29 is 0 Å². The molecule has 2 unspecified atom stereocenters. The van der Waals surface area contributed by atoms with Gasteiger partial charge in [0.1, 0.15) is 0 Å². The van der Waals surface area contributed by atoms with Crippen LogP contribution in [0, 0.1) is 5.41 Å². The van der Waals surface area contributed by atoms with Crippen molar-refractivity contribution in [3.8, 4) is 0 Å². The van der Waals surface area contributed by atoms with Crippen molar-refractivity contribution in [2.45, 2.75) is 77.6 Å². The molecule has 0 saturated heterocycles. The molecule has 140 valence electrons. The van der Waals surface area contributed by atoms with Crippen LogP contribution >= 0.6 is 0 Å². The molecule has 0 aliphatic heterocycles. The highest BCUT2D eigenvalue weighted by Crippen LogP contribution is 2.53. The van der Waals surface area contributed by atoms with E-state index in [0.29, 0.717) is 11.3 Å². The van der Waals surface area contributed by atoms with Crippen LogP contribution in [-0.2, 0) is 12.8 Å². The van der Waals surface area contributed by atoms with E-state index in [2.05, 4.69) is 62.4 Å². The Hall–Kier alpha value is -1.76. The molecule has 2 aromatic rings. The Balaban J connectivity index is 1.98. The van der Waals surface area contributed by atoms with Gasteiger partial charge in [0, 0.05) is 5.69 Å². The summed E-state index contributed by atoms with van der Waals surface area (Å²) in [4.78, 5) is 0. The predicted octanol–water partition coefficient (Wildman–Crippen LogP) is 6.91. The highest BCUT2D eigenvalue weighted by molar-refractivity contribution is 5.40. The average molecular weight is 350 g/mol. The van der Waals surface area contributed by atoms with Gasteiger partial charge in [0.05, 0.1) is 0 Å². The van der Waals surface area contributed by atoms with Gasteiger partial charge in [0.2, 0.25) is 0 Å². The molecule has 2 atom stereocenters. The van der Waals surface area contributed by atoms with E-state index in [1.807, 2.05) is 0 Å². The Morgan fingerprint density at radius 1 is 0.962 bits per heavy atom. The lowest BCUT2D eigenvalue weighted by atomic mass is 9.58. The Morgan fingerprint density at radius 3 is 2.46 bits per heavy atom. The van der Waals surface area contributed by atoms with Gasteiger partial charge in [-0.3, -0.25) is 0 Å². The Bertz CT molecular complexity index is 684. The molecule has 1 saturated carbocycles. The molecule has 0 spiro atoms. The van der Waals surface area contributed by atoms with Crippen LogP contribution < -0.4 is 5.73 Å². The summed E-state index contributed by atoms with van der Waals surface area (Å²) in [7, 11) is 0. The van der Waals surface area contributed by atoms with Crippen molar-refractivity contribution in [2.24, 2.45) is 5.41 Å². The van der Waals surface area contributed by atoms with Gasteiger partial charge >= 0.3 is 0 Å². The monoisotopic (exact) mass is 349 g/mol. The number of hydrogen-bond donors (Lipinski definition) is 1. The molecule has 0 bridgehead atoms. The lowest BCUT2D eigenvalue weighted by Crippen LogP contribution is -2.35. The second-order valence-electron chi connectivity index (χ2n) is 8.28. The molecule has 0 heterocycles. The highest BCUT2D eigenvalue weighted by atomic mass is 14.5. The van der Waals surface area contributed by atoms with Crippen molar-refractivity contribution in [1.82, 2.24) is 0 Å². The van der Waals surface area contributed by atoms with Crippen LogP contribution in [0.25, 0.3) is 0 Å². The summed E-state index contributed by atoms with van der Waals surface area (Å²) >= 11 is 0. The fourth-order valence-corrected chi connectivity index (χ4v) is 5.30. The summed E-state index contributed by atoms with van der Waals surface area (Å²) < 4.78 is 0. The lowest BCUT2D eigenvalue weighted by Gasteiger charge is -2.46. The summed E-state index contributed by atoms with van der Waals surface area (Å²) in [5.74, 6) is 0.691. The highest BCUT2D eigenvalue weighted by Gasteiger charge is 2.41. The van der Waals surface area contributed by atoms with Crippen LogP contribution in [0.15, 0.2) is 48.5 Å². The van der Waals surface area contributed by atoms with Gasteiger partial charge < -0.3 is 5.73 Å². The topological polar surface area (TPSA) is 26.0 Å². The summed E-state index contributed by atoms with van der Waals surface area (Å²) in [5.41, 5.74) is 11.9. The first kappa shape index (κ1) is 19.0. The van der Waals surface area contributed by atoms with Crippen LogP contribution in [0.3, 0.4) is 0 Å². The van der Waals surface area contributed by atoms with E-state index in [1.165, 1.54) is 63.4 Å². The maximum absolute atomic E-state index is 5.92. The summed E-state index contributed by atoms with van der Waals surface area (Å²) in [5, 5.41) is 0. The average Bonchev–Trinajstić information content (AvgIpc) is 2.65. The minimum Gasteiger partial charge on any atom is -0.399 e. The first-order valence-corrected chi connectivity index (χ1v) is 10.6. The van der Waals surface area contributed by atoms with E-state index in [4.69, 9.17) is 5.73 Å². The number of anilines is 1. The molecule has 3 rings (SSSR count). The van der Waals surface area contributed by atoms with E-state index >= 15 is 0 Å². The van der Waals surface area contributed by atoms with Gasteiger partial charge in [0.15, 0.2) is 0 Å². The van der Waals surface area contributed by atoms with Gasteiger partial charge in [-0.1, -0.05) is 75.9 Å². The third-order valence-corrected chi connectivity index (χ3v) is 6.39. The van der Waals surface area contributed by atoms with Crippen LogP contribution in [0.5, 0.6) is 0 Å². The largest absolute Gasteiger partial charge is 0.399 e. The molecule has 1 fully saturated rings. The van der Waals surface area contributed by atoms with Gasteiger partial charge in [-0.15, -0.1) is 0 Å². The third kappa shape index (κ3) is 4.14. The van der Waals surface area contributed by atoms with E-state index in [1.54, 1.807) is 11.1 Å². The Kier molecular flexibility index (Phi) is 6.40. The minimum atomic E-state index is 0.396. The lowest BCUT2D eigenvalue weighted by molar-refractivity contribution is 0.132. The van der Waals surface area contributed by atoms with Crippen molar-refractivity contribution in [3.63, 3.8) is 0 Å². The summed E-state index contributed by atoms with van der Waals surface area (Å²) in [6.07, 6.45) is 11.7. The Morgan fingerprint density at radius 2 is 1.73 bits per heavy atom. The fraction of sp³-hybridized carbons (Fsp3) is 0.520. The summed E-state index contributed by atoms with van der Waals surface area (Å²) in [6.45, 7) is 4.65. The molecule has 2 aromatic carbocycles. The first-order chi connectivity index (χ1) is 12.7. The second kappa shape index (κ2) is 8.75. The smallest absolute Gasteiger partial charge is 0.0314 e. The van der Waals surface area contributed by atoms with Crippen LogP contribution in [-0.4, -0.2) is 0 Å². The van der Waals surface area contributed by atoms with Crippen molar-refractivity contribution in [1.29, 1.82) is 0 Å². The number of aryl methyl sites for hydroxylation is 1. The normalized spacial score (nSPS) is 23.1. The molecule has 0 radical (unpaired) electrons. The van der Waals surface area contributed by atoms with Crippen molar-refractivity contribution in [3.05, 3.63) is 65.2 Å². The number of rotatable bonds is 7. The van der Waals surface area contributed by atoms with Gasteiger partial charge in [0.25, 0.3) is 0 Å². The molecule has 1 aliphatic rings. The standard InChI is InChI=1S/C25H35N/c1-3-9-21-10-5-6-11-23(21)24-12-7-8-18-25(24,17-4-2)19-20-13-15-22(26)16-14-20/h5-6,10-11,13-16,24H,3-4,7-9,12,17-19,26H2,1-2H3. The zero-order valence-corrected chi connectivity index (χ0v) is 16.6. The van der Waals surface area contributed by atoms with Gasteiger partial charge in [-0.2, -0.15) is 0 Å². The number of hydrogen-bond acceptors (Lipinski definition) is 1. The summed E-state index contributed by atoms with van der Waals surface area (Å²) in [6, 6.07) is 17.9. The molecule has 1 nitrogen and oxygen atoms in total. The zero-order chi connectivity index (χ0) is 18.4. The van der Waals surface area contributed by atoms with Crippen LogP contribution in [0.4, 0.5) is 5.69 Å². The first-order valence-electron chi connectivity index (χ1n) is 10.6. The molecular weight excluding hydrogens is 314 g/mol. The van der Waals surface area contributed by atoms with E-state index in [9.17, 15) is 0 Å². The maximum atomic E-state index is 5.92. The number of nitrogen functional groups attached to an aromatic ring is 1. The zero-order valence-electron chi connectivity index (χ0n) is 16.6. The molecule has 2 N–H and O–H groups in total. The molecule has 0 aromatic heterocycles. The van der Waals surface area contributed by atoms with E-state index in [0.717, 1.165) is 5.69 Å². The molecule has 1 aliphatic carbocycles. The predicted molar refractivity (Wildman–Crippen MR) is 114 cm³/mol. The van der Waals surface area contributed by atoms with Crippen LogP contribution in [0.1, 0.15) is 81.4 Å². The fourth-order valence-electron chi connectivity index (χ4n) is 5.30. The third-order valence-electron chi connectivity index (χ3n) is 6.39. The van der Waals surface area contributed by atoms with Gasteiger partial charge in [-0.25, -0.2) is 0 Å². The van der Waals surface area contributed by atoms with Crippen molar-refractivity contribution >= 4 is 5.69 Å². The van der Waals surface area contributed by atoms with Crippen molar-refractivity contribution in [2.75, 3.05) is 5.73 Å². The quantitative estimate of drug-likeness (QED) is 0.540. The van der Waals surface area contributed by atoms with Gasteiger partial charge in [-0.05, 0) is 72.3 Å². The maximum Gasteiger partial charge on any atom is 0.0314 e. The van der Waals surface area contributed by atoms with Crippen LogP contribution in [0.2, 0.25) is 0 Å². The molecule has 1 heteroatoms.